The van der Waals surface area contributed by atoms with Crippen molar-refractivity contribution in [1.82, 2.24) is 5.32 Å². The Morgan fingerprint density at radius 3 is 2.28 bits per heavy atom. The first kappa shape index (κ1) is 25.9. The molecule has 1 aromatic carbocycles. The molecule has 6 nitrogen and oxygen atoms in total. The standard InChI is InChI=1S/C20H32BFN2O4.ClH/c1-19(2)20(3,4)28-21(27-19)17(24-18(25)16(23)13-26-5)8-6-7-14-9-11-15(22)12-10-14;/h9-12,16-17H,6-8,13,23H2,1-5H3,(H,24,25);1H/t16-,17+;/m1./s1. The van der Waals surface area contributed by atoms with E-state index in [0.717, 1.165) is 18.4 Å². The van der Waals surface area contributed by atoms with Gasteiger partial charge >= 0.3 is 7.12 Å². The number of hydrogen-bond acceptors (Lipinski definition) is 5. The third kappa shape index (κ3) is 6.93. The fourth-order valence-corrected chi connectivity index (χ4v) is 3.05. The minimum Gasteiger partial charge on any atom is -0.402 e. The number of nitrogens with one attached hydrogen (secondary N) is 1. The van der Waals surface area contributed by atoms with Gasteiger partial charge in [0.25, 0.3) is 0 Å². The highest BCUT2D eigenvalue weighted by Gasteiger charge is 2.54. The highest BCUT2D eigenvalue weighted by Crippen LogP contribution is 2.38. The van der Waals surface area contributed by atoms with E-state index in [-0.39, 0.29) is 36.7 Å². The van der Waals surface area contributed by atoms with Crippen LogP contribution in [0.4, 0.5) is 4.39 Å². The summed E-state index contributed by atoms with van der Waals surface area (Å²) in [5.74, 6) is -0.904. The SMILES string of the molecule is COC[C@@H](N)C(=O)N[C@@H](CCCc1ccc(F)cc1)B1OC(C)(C)C(C)(C)O1.Cl. The van der Waals surface area contributed by atoms with Gasteiger partial charge < -0.3 is 25.1 Å². The van der Waals surface area contributed by atoms with E-state index >= 15 is 0 Å². The normalized spacial score (nSPS) is 19.3. The lowest BCUT2D eigenvalue weighted by Gasteiger charge is -2.32. The molecule has 164 valence electrons. The first-order valence-corrected chi connectivity index (χ1v) is 9.71. The molecule has 2 rings (SSSR count). The lowest BCUT2D eigenvalue weighted by Crippen LogP contribution is -2.53. The molecule has 1 amide bonds. The van der Waals surface area contributed by atoms with Crippen LogP contribution in [0.2, 0.25) is 0 Å². The maximum absolute atomic E-state index is 13.1. The van der Waals surface area contributed by atoms with Crippen LogP contribution in [0, 0.1) is 5.82 Å². The molecule has 0 aliphatic carbocycles. The molecule has 0 saturated carbocycles. The Kier molecular flexibility index (Phi) is 9.56. The van der Waals surface area contributed by atoms with Crippen LogP contribution < -0.4 is 11.1 Å². The molecule has 0 spiro atoms. The summed E-state index contributed by atoms with van der Waals surface area (Å²) in [5, 5.41) is 2.96. The summed E-state index contributed by atoms with van der Waals surface area (Å²) < 4.78 is 30.3. The number of ether oxygens (including phenoxy) is 1. The van der Waals surface area contributed by atoms with Crippen LogP contribution in [0.5, 0.6) is 0 Å². The van der Waals surface area contributed by atoms with E-state index in [9.17, 15) is 9.18 Å². The Bertz CT molecular complexity index is 644. The maximum atomic E-state index is 13.1. The molecule has 3 N–H and O–H groups in total. The van der Waals surface area contributed by atoms with E-state index < -0.39 is 24.4 Å². The van der Waals surface area contributed by atoms with Crippen molar-refractivity contribution in [3.05, 3.63) is 35.6 Å². The molecule has 0 aromatic heterocycles. The Morgan fingerprint density at radius 1 is 1.21 bits per heavy atom. The van der Waals surface area contributed by atoms with Crippen molar-refractivity contribution in [2.75, 3.05) is 13.7 Å². The molecule has 0 unspecified atom stereocenters. The first-order valence-electron chi connectivity index (χ1n) is 9.71. The molecular formula is C20H33BClFN2O4. The number of aryl methyl sites for hydroxylation is 1. The number of rotatable bonds is 9. The lowest BCUT2D eigenvalue weighted by molar-refractivity contribution is -0.123. The van der Waals surface area contributed by atoms with E-state index in [1.807, 2.05) is 27.7 Å². The van der Waals surface area contributed by atoms with Gasteiger partial charge in [0.05, 0.1) is 23.8 Å². The first-order chi connectivity index (χ1) is 13.1. The number of hydrogen-bond donors (Lipinski definition) is 2. The van der Waals surface area contributed by atoms with Gasteiger partial charge in [-0.25, -0.2) is 4.39 Å². The Balaban J connectivity index is 0.00000420. The lowest BCUT2D eigenvalue weighted by atomic mass is 9.75. The summed E-state index contributed by atoms with van der Waals surface area (Å²) in [6, 6.07) is 5.68. The monoisotopic (exact) mass is 430 g/mol. The maximum Gasteiger partial charge on any atom is 0.481 e. The quantitative estimate of drug-likeness (QED) is 0.589. The molecular weight excluding hydrogens is 397 g/mol. The highest BCUT2D eigenvalue weighted by molar-refractivity contribution is 6.48. The van der Waals surface area contributed by atoms with E-state index in [4.69, 9.17) is 19.8 Å². The van der Waals surface area contributed by atoms with Crippen molar-refractivity contribution in [3.8, 4) is 0 Å². The fraction of sp³-hybridized carbons (Fsp3) is 0.650. The van der Waals surface area contributed by atoms with Gasteiger partial charge in [-0.05, 0) is 64.7 Å². The molecule has 2 atom stereocenters. The highest BCUT2D eigenvalue weighted by atomic mass is 35.5. The summed E-state index contributed by atoms with van der Waals surface area (Å²) in [6.07, 6.45) is 2.18. The molecule has 1 saturated heterocycles. The molecule has 0 radical (unpaired) electrons. The number of halogens is 2. The zero-order chi connectivity index (χ0) is 20.9. The van der Waals surface area contributed by atoms with Crippen molar-refractivity contribution >= 4 is 25.4 Å². The summed E-state index contributed by atoms with van der Waals surface area (Å²) >= 11 is 0. The number of amides is 1. The summed E-state index contributed by atoms with van der Waals surface area (Å²) in [6.45, 7) is 8.03. The predicted molar refractivity (Wildman–Crippen MR) is 114 cm³/mol. The molecule has 1 heterocycles. The second-order valence-corrected chi connectivity index (χ2v) is 8.32. The number of carbonyl (C=O) groups excluding carboxylic acids is 1. The van der Waals surface area contributed by atoms with Crippen LogP contribution in [0.1, 0.15) is 46.1 Å². The number of carbonyl (C=O) groups is 1. The average Bonchev–Trinajstić information content (AvgIpc) is 2.83. The van der Waals surface area contributed by atoms with E-state index in [1.165, 1.54) is 19.2 Å². The molecule has 9 heteroatoms. The van der Waals surface area contributed by atoms with Crippen LogP contribution in [0.25, 0.3) is 0 Å². The van der Waals surface area contributed by atoms with Gasteiger partial charge in [-0.15, -0.1) is 12.4 Å². The van der Waals surface area contributed by atoms with Crippen LogP contribution in [0.3, 0.4) is 0 Å². The van der Waals surface area contributed by atoms with Gasteiger partial charge in [-0.3, -0.25) is 4.79 Å². The van der Waals surface area contributed by atoms with Gasteiger partial charge in [0.1, 0.15) is 11.9 Å². The van der Waals surface area contributed by atoms with Crippen molar-refractivity contribution in [1.29, 1.82) is 0 Å². The Hall–Kier alpha value is -1.19. The van der Waals surface area contributed by atoms with E-state index in [0.29, 0.717) is 6.42 Å². The average molecular weight is 431 g/mol. The van der Waals surface area contributed by atoms with Gasteiger partial charge in [-0.2, -0.15) is 0 Å². The smallest absolute Gasteiger partial charge is 0.402 e. The van der Waals surface area contributed by atoms with Gasteiger partial charge in [0.2, 0.25) is 5.91 Å². The zero-order valence-electron chi connectivity index (χ0n) is 17.9. The second kappa shape index (κ2) is 10.7. The van der Waals surface area contributed by atoms with Crippen LogP contribution in [0.15, 0.2) is 24.3 Å². The second-order valence-electron chi connectivity index (χ2n) is 8.32. The fourth-order valence-electron chi connectivity index (χ4n) is 3.05. The number of methoxy groups -OCH3 is 1. The molecule has 0 bridgehead atoms. The zero-order valence-corrected chi connectivity index (χ0v) is 18.7. The summed E-state index contributed by atoms with van der Waals surface area (Å²) in [5.41, 5.74) is 5.91. The number of nitrogens with two attached hydrogens (primary N) is 1. The molecule has 1 aliphatic heterocycles. The topological polar surface area (TPSA) is 82.8 Å². The molecule has 29 heavy (non-hydrogen) atoms. The van der Waals surface area contributed by atoms with Gasteiger partial charge in [-0.1, -0.05) is 12.1 Å². The Morgan fingerprint density at radius 2 is 1.76 bits per heavy atom. The van der Waals surface area contributed by atoms with Crippen molar-refractivity contribution in [2.24, 2.45) is 5.73 Å². The van der Waals surface area contributed by atoms with Crippen molar-refractivity contribution in [2.45, 2.75) is 70.1 Å². The summed E-state index contributed by atoms with van der Waals surface area (Å²) in [7, 11) is 0.929. The number of benzene rings is 1. The van der Waals surface area contributed by atoms with Crippen LogP contribution >= 0.6 is 12.4 Å². The van der Waals surface area contributed by atoms with Crippen molar-refractivity contribution < 1.29 is 23.2 Å². The predicted octanol–water partition coefficient (Wildman–Crippen LogP) is 2.66. The van der Waals surface area contributed by atoms with E-state index in [1.54, 1.807) is 12.1 Å². The minimum absolute atomic E-state index is 0. The molecule has 1 aliphatic rings. The Labute approximate surface area is 179 Å². The minimum atomic E-state index is -0.757. The van der Waals surface area contributed by atoms with Crippen LogP contribution in [-0.2, 0) is 25.3 Å². The van der Waals surface area contributed by atoms with E-state index in [2.05, 4.69) is 5.32 Å². The summed E-state index contributed by atoms with van der Waals surface area (Å²) in [4.78, 5) is 12.4. The third-order valence-electron chi connectivity index (χ3n) is 5.50. The molecule has 1 fully saturated rings. The third-order valence-corrected chi connectivity index (χ3v) is 5.50. The van der Waals surface area contributed by atoms with Crippen LogP contribution in [-0.4, -0.2) is 49.9 Å². The van der Waals surface area contributed by atoms with Gasteiger partial charge in [0.15, 0.2) is 0 Å². The largest absolute Gasteiger partial charge is 0.481 e. The van der Waals surface area contributed by atoms with Crippen molar-refractivity contribution in [3.63, 3.8) is 0 Å². The van der Waals surface area contributed by atoms with Gasteiger partial charge in [0, 0.05) is 7.11 Å². The molecule has 1 aromatic rings.